The second-order valence-corrected chi connectivity index (χ2v) is 7.18. The van der Waals surface area contributed by atoms with E-state index in [4.69, 9.17) is 5.11 Å². The second kappa shape index (κ2) is 18.4. The van der Waals surface area contributed by atoms with Gasteiger partial charge in [0.1, 0.15) is 5.57 Å². The number of carboxylic acid groups (broad SMARTS) is 1. The summed E-state index contributed by atoms with van der Waals surface area (Å²) in [5, 5.41) is 8.39. The Morgan fingerprint density at radius 2 is 1.19 bits per heavy atom. The molecule has 0 spiro atoms. The Hall–Kier alpha value is -1.38. The highest BCUT2D eigenvalue weighted by molar-refractivity contribution is 6.17. The van der Waals surface area contributed by atoms with E-state index in [1.54, 1.807) is 12.2 Å². The number of hydrogen-bond donors (Lipinski definition) is 1. The van der Waals surface area contributed by atoms with Crippen molar-refractivity contribution < 1.29 is 14.7 Å². The highest BCUT2D eigenvalue weighted by Crippen LogP contribution is 2.12. The number of aliphatic carboxylic acids is 1. The van der Waals surface area contributed by atoms with Crippen LogP contribution in [0.1, 0.15) is 110 Å². The molecule has 0 unspecified atom stereocenters. The van der Waals surface area contributed by atoms with Gasteiger partial charge in [-0.3, -0.25) is 4.79 Å². The molecule has 0 fully saturated rings. The number of carbonyl (C=O) groups excluding carboxylic acids is 1. The lowest BCUT2D eigenvalue weighted by molar-refractivity contribution is -0.134. The lowest BCUT2D eigenvalue weighted by atomic mass is 10.0. The Bertz CT molecular complexity index is 407. The standard InChI is InChI=1S/C16H34.C7H6O3/c1-3-5-7-9-11-13-15-16-14-12-10-8-6-4-2;8-6-4-2-1-3-5(6)7(9)10/h3-16H2,1-2H3;1-3H,4H2,(H,9,10). The summed E-state index contributed by atoms with van der Waals surface area (Å²) in [6.07, 6.45) is 25.1. The van der Waals surface area contributed by atoms with Gasteiger partial charge in [0.25, 0.3) is 0 Å². The van der Waals surface area contributed by atoms with Crippen molar-refractivity contribution in [2.75, 3.05) is 0 Å². The number of carbonyl (C=O) groups is 2. The monoisotopic (exact) mass is 364 g/mol. The zero-order valence-corrected chi connectivity index (χ0v) is 17.1. The van der Waals surface area contributed by atoms with Crippen molar-refractivity contribution in [1.82, 2.24) is 0 Å². The van der Waals surface area contributed by atoms with E-state index in [1.165, 1.54) is 96.0 Å². The molecule has 0 heterocycles. The third kappa shape index (κ3) is 14.9. The molecule has 0 aromatic carbocycles. The molecule has 1 N–H and O–H groups in total. The quantitative estimate of drug-likeness (QED) is 0.266. The molecule has 0 radical (unpaired) electrons. The molecule has 0 aromatic heterocycles. The van der Waals surface area contributed by atoms with Crippen LogP contribution < -0.4 is 0 Å². The summed E-state index contributed by atoms with van der Waals surface area (Å²) in [6.45, 7) is 4.58. The largest absolute Gasteiger partial charge is 0.478 e. The summed E-state index contributed by atoms with van der Waals surface area (Å²) in [5.41, 5.74) is -0.123. The van der Waals surface area contributed by atoms with E-state index in [0.29, 0.717) is 0 Å². The zero-order valence-electron chi connectivity index (χ0n) is 17.1. The number of carboxylic acids is 1. The van der Waals surface area contributed by atoms with Crippen molar-refractivity contribution >= 4 is 11.8 Å². The lowest BCUT2D eigenvalue weighted by Gasteiger charge is -2.02. The number of ketones is 1. The summed E-state index contributed by atoms with van der Waals surface area (Å²) < 4.78 is 0. The van der Waals surface area contributed by atoms with Crippen LogP contribution in [0.15, 0.2) is 23.8 Å². The van der Waals surface area contributed by atoms with Gasteiger partial charge >= 0.3 is 5.97 Å². The minimum Gasteiger partial charge on any atom is -0.478 e. The molecule has 1 aliphatic rings. The van der Waals surface area contributed by atoms with Crippen molar-refractivity contribution in [3.05, 3.63) is 23.8 Å². The maximum atomic E-state index is 10.7. The van der Waals surface area contributed by atoms with Crippen LogP contribution in [-0.2, 0) is 9.59 Å². The van der Waals surface area contributed by atoms with Gasteiger partial charge in [0.15, 0.2) is 5.78 Å². The van der Waals surface area contributed by atoms with Gasteiger partial charge in [0, 0.05) is 6.42 Å². The molecule has 1 aliphatic carbocycles. The van der Waals surface area contributed by atoms with Crippen LogP contribution in [0.2, 0.25) is 0 Å². The van der Waals surface area contributed by atoms with Crippen LogP contribution in [-0.4, -0.2) is 16.9 Å². The van der Waals surface area contributed by atoms with Gasteiger partial charge in [-0.05, 0) is 6.08 Å². The summed E-state index contributed by atoms with van der Waals surface area (Å²) in [5.74, 6) is -1.47. The number of unbranched alkanes of at least 4 members (excludes halogenated alkanes) is 13. The fourth-order valence-corrected chi connectivity index (χ4v) is 3.00. The highest BCUT2D eigenvalue weighted by Gasteiger charge is 2.16. The second-order valence-electron chi connectivity index (χ2n) is 7.18. The molecule has 0 amide bonds. The summed E-state index contributed by atoms with van der Waals surface area (Å²) in [4.78, 5) is 21.0. The van der Waals surface area contributed by atoms with Crippen LogP contribution in [0.3, 0.4) is 0 Å². The molecule has 3 heteroatoms. The van der Waals surface area contributed by atoms with Crippen molar-refractivity contribution in [3.8, 4) is 0 Å². The van der Waals surface area contributed by atoms with Gasteiger partial charge in [0.2, 0.25) is 0 Å². The maximum Gasteiger partial charge on any atom is 0.339 e. The van der Waals surface area contributed by atoms with Crippen LogP contribution in [0.4, 0.5) is 0 Å². The van der Waals surface area contributed by atoms with Gasteiger partial charge in [-0.15, -0.1) is 0 Å². The Morgan fingerprint density at radius 3 is 1.46 bits per heavy atom. The minimum atomic E-state index is -1.14. The first-order valence-corrected chi connectivity index (χ1v) is 10.8. The van der Waals surface area contributed by atoms with Gasteiger partial charge in [-0.1, -0.05) is 116 Å². The summed E-state index contributed by atoms with van der Waals surface area (Å²) >= 11 is 0. The van der Waals surface area contributed by atoms with Crippen molar-refractivity contribution in [1.29, 1.82) is 0 Å². The van der Waals surface area contributed by atoms with E-state index >= 15 is 0 Å². The van der Waals surface area contributed by atoms with Crippen molar-refractivity contribution in [2.24, 2.45) is 0 Å². The SMILES string of the molecule is CCCCCCCCCCCCCCCC.O=C(O)C1=CC=CCC1=O. The molecule has 150 valence electrons. The molecule has 3 nitrogen and oxygen atoms in total. The average Bonchev–Trinajstić information content (AvgIpc) is 2.63. The Balaban J connectivity index is 0.000000531. The maximum absolute atomic E-state index is 10.7. The Morgan fingerprint density at radius 1 is 0.808 bits per heavy atom. The molecule has 1 rings (SSSR count). The smallest absolute Gasteiger partial charge is 0.339 e. The molecule has 0 bridgehead atoms. The van der Waals surface area contributed by atoms with Crippen LogP contribution in [0.5, 0.6) is 0 Å². The number of rotatable bonds is 14. The third-order valence-electron chi connectivity index (χ3n) is 4.69. The van der Waals surface area contributed by atoms with Crippen LogP contribution in [0, 0.1) is 0 Å². The first-order valence-electron chi connectivity index (χ1n) is 10.8. The minimum absolute atomic E-state index is 0.123. The predicted octanol–water partition coefficient (Wildman–Crippen LogP) is 7.01. The number of Topliss-reactive ketones (excluding diaryl/α,β-unsaturated/α-hetero) is 1. The van der Waals surface area contributed by atoms with Gasteiger partial charge in [-0.2, -0.15) is 0 Å². The van der Waals surface area contributed by atoms with Gasteiger partial charge in [-0.25, -0.2) is 4.79 Å². The Kier molecular flexibility index (Phi) is 17.4. The predicted molar refractivity (Wildman–Crippen MR) is 110 cm³/mol. The average molecular weight is 365 g/mol. The third-order valence-corrected chi connectivity index (χ3v) is 4.69. The van der Waals surface area contributed by atoms with Crippen LogP contribution in [0.25, 0.3) is 0 Å². The fraction of sp³-hybridized carbons (Fsp3) is 0.739. The number of hydrogen-bond acceptors (Lipinski definition) is 2. The molecule has 26 heavy (non-hydrogen) atoms. The molecule has 0 aromatic rings. The molecule has 0 atom stereocenters. The first-order chi connectivity index (χ1) is 12.6. The van der Waals surface area contributed by atoms with Crippen molar-refractivity contribution in [3.63, 3.8) is 0 Å². The molecule has 0 saturated heterocycles. The summed E-state index contributed by atoms with van der Waals surface area (Å²) in [6, 6.07) is 0. The lowest BCUT2D eigenvalue weighted by Crippen LogP contribution is -2.12. The zero-order chi connectivity index (χ0) is 19.5. The number of allylic oxidation sites excluding steroid dienone is 3. The highest BCUT2D eigenvalue weighted by atomic mass is 16.4. The summed E-state index contributed by atoms with van der Waals surface area (Å²) in [7, 11) is 0. The molecular weight excluding hydrogens is 324 g/mol. The van der Waals surface area contributed by atoms with Gasteiger partial charge in [0.05, 0.1) is 0 Å². The molecule has 0 aliphatic heterocycles. The van der Waals surface area contributed by atoms with E-state index in [0.717, 1.165) is 0 Å². The fourth-order valence-electron chi connectivity index (χ4n) is 3.00. The normalized spacial score (nSPS) is 13.2. The van der Waals surface area contributed by atoms with E-state index in [-0.39, 0.29) is 17.8 Å². The van der Waals surface area contributed by atoms with E-state index in [2.05, 4.69) is 13.8 Å². The van der Waals surface area contributed by atoms with E-state index in [9.17, 15) is 9.59 Å². The van der Waals surface area contributed by atoms with Crippen molar-refractivity contribution in [2.45, 2.75) is 110 Å². The molecular formula is C23H40O3. The molecule has 0 saturated carbocycles. The topological polar surface area (TPSA) is 54.4 Å². The van der Waals surface area contributed by atoms with E-state index in [1.807, 2.05) is 0 Å². The Labute approximate surface area is 161 Å². The van der Waals surface area contributed by atoms with Gasteiger partial charge < -0.3 is 5.11 Å². The first kappa shape index (κ1) is 24.6. The van der Waals surface area contributed by atoms with E-state index < -0.39 is 5.97 Å². The van der Waals surface area contributed by atoms with Crippen LogP contribution >= 0.6 is 0 Å².